The maximum Gasteiger partial charge on any atom is 0.330 e. The molecule has 1 fully saturated rings. The zero-order chi connectivity index (χ0) is 19.2. The maximum atomic E-state index is 13.2. The second kappa shape index (κ2) is 6.61. The van der Waals surface area contributed by atoms with Crippen LogP contribution in [-0.4, -0.2) is 39.9 Å². The van der Waals surface area contributed by atoms with E-state index in [-0.39, 0.29) is 18.3 Å². The van der Waals surface area contributed by atoms with E-state index in [1.165, 1.54) is 4.31 Å². The van der Waals surface area contributed by atoms with Gasteiger partial charge < -0.3 is 0 Å². The topological polar surface area (TPSA) is 77.2 Å². The van der Waals surface area contributed by atoms with Crippen molar-refractivity contribution in [3.63, 3.8) is 0 Å². The van der Waals surface area contributed by atoms with Crippen LogP contribution in [0.3, 0.4) is 0 Å². The van der Waals surface area contributed by atoms with Crippen LogP contribution in [0.2, 0.25) is 0 Å². The molecule has 0 bridgehead atoms. The number of rotatable bonds is 4. The molecule has 0 aliphatic carbocycles. The first-order valence-corrected chi connectivity index (χ1v) is 10.5. The van der Waals surface area contributed by atoms with Crippen LogP contribution < -0.4 is 5.69 Å². The van der Waals surface area contributed by atoms with E-state index in [9.17, 15) is 13.2 Å². The second-order valence-electron chi connectivity index (χ2n) is 6.82. The minimum absolute atomic E-state index is 0.165. The van der Waals surface area contributed by atoms with Crippen LogP contribution in [0.15, 0.2) is 52.3 Å². The van der Waals surface area contributed by atoms with Crippen molar-refractivity contribution >= 4 is 21.2 Å². The van der Waals surface area contributed by atoms with Crippen LogP contribution in [0.4, 0.5) is 0 Å². The molecule has 0 spiro atoms. The highest BCUT2D eigenvalue weighted by atomic mass is 32.2. The Kier molecular flexibility index (Phi) is 4.39. The number of aryl methyl sites for hydroxylation is 2. The van der Waals surface area contributed by atoms with Gasteiger partial charge in [-0.2, -0.15) is 4.31 Å². The van der Waals surface area contributed by atoms with Crippen molar-refractivity contribution in [3.05, 3.63) is 58.6 Å². The molecule has 2 aromatic heterocycles. The monoisotopic (exact) mass is 386 g/mol. The molecular formula is C19H22N4O3S. The average molecular weight is 386 g/mol. The Morgan fingerprint density at radius 2 is 1.96 bits per heavy atom. The van der Waals surface area contributed by atoms with Crippen LogP contribution in [0, 0.1) is 0 Å². The standard InChI is InChI=1S/C19H22N4O3S/c1-3-14-7-4-5-9-17(14)27(25,26)22-12-10-15(13-22)23-18-16(8-6-11-20-18)21(2)19(23)24/h4-9,11,15H,3,10,12-13H2,1-2H3/t15-/m1/s1. The Bertz CT molecular complexity index is 1160. The third kappa shape index (κ3) is 2.80. The summed E-state index contributed by atoms with van der Waals surface area (Å²) in [5.74, 6) is 0. The normalized spacial score (nSPS) is 18.4. The van der Waals surface area contributed by atoms with E-state index in [0.29, 0.717) is 29.9 Å². The van der Waals surface area contributed by atoms with Crippen molar-refractivity contribution in [1.82, 2.24) is 18.4 Å². The van der Waals surface area contributed by atoms with Crippen LogP contribution >= 0.6 is 0 Å². The molecule has 1 aliphatic rings. The predicted molar refractivity (Wildman–Crippen MR) is 103 cm³/mol. The third-order valence-corrected chi connectivity index (χ3v) is 7.28. The van der Waals surface area contributed by atoms with Gasteiger partial charge >= 0.3 is 5.69 Å². The molecule has 0 radical (unpaired) electrons. The van der Waals surface area contributed by atoms with E-state index in [1.807, 2.05) is 25.1 Å². The summed E-state index contributed by atoms with van der Waals surface area (Å²) in [6.07, 6.45) is 2.89. The predicted octanol–water partition coefficient (Wildman–Crippen LogP) is 1.93. The number of hydrogen-bond donors (Lipinski definition) is 0. The van der Waals surface area contributed by atoms with Crippen LogP contribution in [0.25, 0.3) is 11.2 Å². The minimum atomic E-state index is -3.59. The average Bonchev–Trinajstić information content (AvgIpc) is 3.26. The molecule has 8 heteroatoms. The van der Waals surface area contributed by atoms with Gasteiger partial charge in [-0.1, -0.05) is 25.1 Å². The van der Waals surface area contributed by atoms with Gasteiger partial charge in [0.2, 0.25) is 10.0 Å². The fraction of sp³-hybridized carbons (Fsp3) is 0.368. The lowest BCUT2D eigenvalue weighted by Crippen LogP contribution is -2.32. The summed E-state index contributed by atoms with van der Waals surface area (Å²) in [5.41, 5.74) is 2.00. The van der Waals surface area contributed by atoms with E-state index >= 15 is 0 Å². The van der Waals surface area contributed by atoms with Crippen molar-refractivity contribution in [1.29, 1.82) is 0 Å². The number of nitrogens with zero attached hydrogens (tertiary/aromatic N) is 4. The number of benzene rings is 1. The highest BCUT2D eigenvalue weighted by Gasteiger charge is 2.35. The van der Waals surface area contributed by atoms with Gasteiger partial charge in [-0.05, 0) is 36.6 Å². The van der Waals surface area contributed by atoms with E-state index in [0.717, 1.165) is 11.1 Å². The Morgan fingerprint density at radius 1 is 1.19 bits per heavy atom. The summed E-state index contributed by atoms with van der Waals surface area (Å²) in [5, 5.41) is 0. The van der Waals surface area contributed by atoms with Crippen molar-refractivity contribution in [2.45, 2.75) is 30.7 Å². The van der Waals surface area contributed by atoms with E-state index in [2.05, 4.69) is 4.98 Å². The van der Waals surface area contributed by atoms with E-state index < -0.39 is 10.0 Å². The molecule has 27 heavy (non-hydrogen) atoms. The molecular weight excluding hydrogens is 364 g/mol. The lowest BCUT2D eigenvalue weighted by molar-refractivity contribution is 0.448. The van der Waals surface area contributed by atoms with Crippen molar-refractivity contribution < 1.29 is 8.42 Å². The third-order valence-electron chi connectivity index (χ3n) is 5.31. The molecule has 0 amide bonds. The van der Waals surface area contributed by atoms with Gasteiger partial charge in [-0.15, -0.1) is 0 Å². The van der Waals surface area contributed by atoms with Gasteiger partial charge in [0, 0.05) is 26.3 Å². The second-order valence-corrected chi connectivity index (χ2v) is 8.73. The fourth-order valence-electron chi connectivity index (χ4n) is 3.85. The first kappa shape index (κ1) is 17.9. The van der Waals surface area contributed by atoms with Gasteiger partial charge in [-0.3, -0.25) is 9.13 Å². The molecule has 0 saturated carbocycles. The summed E-state index contributed by atoms with van der Waals surface area (Å²) in [7, 11) is -1.88. The zero-order valence-electron chi connectivity index (χ0n) is 15.4. The first-order valence-electron chi connectivity index (χ1n) is 9.05. The smallest absolute Gasteiger partial charge is 0.293 e. The molecule has 0 N–H and O–H groups in total. The number of fused-ring (bicyclic) bond motifs is 1. The molecule has 1 atom stereocenters. The van der Waals surface area contributed by atoms with Crippen LogP contribution in [0.5, 0.6) is 0 Å². The number of hydrogen-bond acceptors (Lipinski definition) is 4. The molecule has 1 saturated heterocycles. The molecule has 1 aromatic carbocycles. The highest BCUT2D eigenvalue weighted by Crippen LogP contribution is 2.29. The Balaban J connectivity index is 1.71. The van der Waals surface area contributed by atoms with Crippen molar-refractivity contribution in [3.8, 4) is 0 Å². The summed E-state index contributed by atoms with van der Waals surface area (Å²) < 4.78 is 31.0. The zero-order valence-corrected chi connectivity index (χ0v) is 16.2. The summed E-state index contributed by atoms with van der Waals surface area (Å²) in [4.78, 5) is 17.4. The van der Waals surface area contributed by atoms with Gasteiger partial charge in [0.15, 0.2) is 5.65 Å². The van der Waals surface area contributed by atoms with E-state index in [1.54, 1.807) is 40.6 Å². The number of aromatic nitrogens is 3. The first-order chi connectivity index (χ1) is 12.9. The van der Waals surface area contributed by atoms with Gasteiger partial charge in [0.05, 0.1) is 16.5 Å². The maximum absolute atomic E-state index is 13.2. The molecule has 3 heterocycles. The summed E-state index contributed by atoms with van der Waals surface area (Å²) in [6.45, 7) is 2.61. The molecule has 1 aliphatic heterocycles. The molecule has 7 nitrogen and oxygen atoms in total. The molecule has 4 rings (SSSR count). The molecule has 3 aromatic rings. The Morgan fingerprint density at radius 3 is 2.74 bits per heavy atom. The number of imidazole rings is 1. The molecule has 0 unspecified atom stereocenters. The summed E-state index contributed by atoms with van der Waals surface area (Å²) >= 11 is 0. The lowest BCUT2D eigenvalue weighted by Gasteiger charge is -2.19. The Hall–Kier alpha value is -2.45. The SMILES string of the molecule is CCc1ccccc1S(=O)(=O)N1CC[C@@H](n2c(=O)n(C)c3cccnc32)C1. The minimum Gasteiger partial charge on any atom is -0.293 e. The number of pyridine rings is 1. The van der Waals surface area contributed by atoms with Crippen LogP contribution in [0.1, 0.15) is 24.9 Å². The van der Waals surface area contributed by atoms with Crippen LogP contribution in [-0.2, 0) is 23.5 Å². The Labute approximate surface area is 157 Å². The quantitative estimate of drug-likeness (QED) is 0.687. The van der Waals surface area contributed by atoms with E-state index in [4.69, 9.17) is 0 Å². The number of sulfonamides is 1. The lowest BCUT2D eigenvalue weighted by atomic mass is 10.2. The van der Waals surface area contributed by atoms with Crippen molar-refractivity contribution in [2.24, 2.45) is 7.05 Å². The van der Waals surface area contributed by atoms with Gasteiger partial charge in [-0.25, -0.2) is 18.2 Å². The highest BCUT2D eigenvalue weighted by molar-refractivity contribution is 7.89. The fourth-order valence-corrected chi connectivity index (χ4v) is 5.63. The largest absolute Gasteiger partial charge is 0.330 e. The van der Waals surface area contributed by atoms with Crippen molar-refractivity contribution in [2.75, 3.05) is 13.1 Å². The molecule has 142 valence electrons. The van der Waals surface area contributed by atoms with Gasteiger partial charge in [0.25, 0.3) is 0 Å². The summed E-state index contributed by atoms with van der Waals surface area (Å²) in [6, 6.07) is 10.5. The van der Waals surface area contributed by atoms with Gasteiger partial charge in [0.1, 0.15) is 0 Å².